The van der Waals surface area contributed by atoms with Crippen molar-refractivity contribution in [2.45, 2.75) is 19.8 Å². The van der Waals surface area contributed by atoms with E-state index in [4.69, 9.17) is 11.1 Å². The van der Waals surface area contributed by atoms with E-state index in [0.29, 0.717) is 0 Å². The highest BCUT2D eigenvalue weighted by molar-refractivity contribution is 5.95. The summed E-state index contributed by atoms with van der Waals surface area (Å²) in [6.45, 7) is 3.18. The van der Waals surface area contributed by atoms with Crippen LogP contribution >= 0.6 is 0 Å². The van der Waals surface area contributed by atoms with Gasteiger partial charge in [0, 0.05) is 23.5 Å². The van der Waals surface area contributed by atoms with Crippen LogP contribution < -0.4 is 10.6 Å². The average Bonchev–Trinajstić information content (AvgIpc) is 2.49. The molecule has 0 heterocycles. The maximum atomic E-state index is 7.45. The minimum atomic E-state index is 0.108. The third-order valence-corrected chi connectivity index (χ3v) is 3.29. The van der Waals surface area contributed by atoms with Crippen LogP contribution in [0.3, 0.4) is 0 Å². The average molecular weight is 267 g/mol. The molecule has 0 atom stereocenters. The molecule has 0 amide bonds. The molecule has 0 aliphatic carbocycles. The van der Waals surface area contributed by atoms with E-state index in [-0.39, 0.29) is 5.84 Å². The summed E-state index contributed by atoms with van der Waals surface area (Å²) < 4.78 is 0. The van der Waals surface area contributed by atoms with Crippen molar-refractivity contribution in [2.75, 3.05) is 11.4 Å². The van der Waals surface area contributed by atoms with E-state index in [0.717, 1.165) is 30.6 Å². The number of rotatable bonds is 6. The number of benzene rings is 2. The molecule has 0 saturated carbocycles. The Kier molecular flexibility index (Phi) is 4.77. The summed E-state index contributed by atoms with van der Waals surface area (Å²) >= 11 is 0. The van der Waals surface area contributed by atoms with Crippen molar-refractivity contribution < 1.29 is 0 Å². The lowest BCUT2D eigenvalue weighted by atomic mass is 10.1. The SMILES string of the molecule is CCCCN(c1ccccc1)c1ccc(C(=N)N)cc1. The Morgan fingerprint density at radius 2 is 1.60 bits per heavy atom. The Morgan fingerprint density at radius 3 is 2.15 bits per heavy atom. The van der Waals surface area contributed by atoms with E-state index in [1.165, 1.54) is 5.69 Å². The number of hydrogen-bond acceptors (Lipinski definition) is 2. The number of nitrogen functional groups attached to an aromatic ring is 1. The Hall–Kier alpha value is -2.29. The van der Waals surface area contributed by atoms with Gasteiger partial charge < -0.3 is 10.6 Å². The molecule has 0 spiro atoms. The molecule has 2 aromatic rings. The minimum absolute atomic E-state index is 0.108. The molecule has 0 aliphatic rings. The second-order valence-electron chi connectivity index (χ2n) is 4.80. The molecule has 0 unspecified atom stereocenters. The fourth-order valence-corrected chi connectivity index (χ4v) is 2.15. The molecule has 2 aromatic carbocycles. The molecule has 0 radical (unpaired) electrons. The fraction of sp³-hybridized carbons (Fsp3) is 0.235. The van der Waals surface area contributed by atoms with Crippen LogP contribution in [-0.2, 0) is 0 Å². The number of hydrogen-bond donors (Lipinski definition) is 2. The number of nitrogens with one attached hydrogen (secondary N) is 1. The van der Waals surface area contributed by atoms with Crippen LogP contribution in [0.1, 0.15) is 25.3 Å². The van der Waals surface area contributed by atoms with E-state index in [1.54, 1.807) is 0 Å². The Morgan fingerprint density at radius 1 is 1.00 bits per heavy atom. The zero-order chi connectivity index (χ0) is 14.4. The van der Waals surface area contributed by atoms with Crippen LogP contribution in [-0.4, -0.2) is 12.4 Å². The van der Waals surface area contributed by atoms with Gasteiger partial charge in [-0.2, -0.15) is 0 Å². The van der Waals surface area contributed by atoms with Crippen molar-refractivity contribution in [3.63, 3.8) is 0 Å². The third-order valence-electron chi connectivity index (χ3n) is 3.29. The minimum Gasteiger partial charge on any atom is -0.384 e. The molecule has 104 valence electrons. The smallest absolute Gasteiger partial charge is 0.122 e. The lowest BCUT2D eigenvalue weighted by Gasteiger charge is -2.25. The van der Waals surface area contributed by atoms with Gasteiger partial charge in [0.2, 0.25) is 0 Å². The second kappa shape index (κ2) is 6.75. The van der Waals surface area contributed by atoms with E-state index >= 15 is 0 Å². The number of anilines is 2. The largest absolute Gasteiger partial charge is 0.384 e. The van der Waals surface area contributed by atoms with Gasteiger partial charge in [0.25, 0.3) is 0 Å². The predicted octanol–water partition coefficient (Wildman–Crippen LogP) is 3.91. The summed E-state index contributed by atoms with van der Waals surface area (Å²) in [5.74, 6) is 0.108. The fourth-order valence-electron chi connectivity index (χ4n) is 2.15. The molecule has 0 bridgehead atoms. The molecule has 3 N–H and O–H groups in total. The molecule has 3 heteroatoms. The van der Waals surface area contributed by atoms with Gasteiger partial charge >= 0.3 is 0 Å². The topological polar surface area (TPSA) is 53.1 Å². The van der Waals surface area contributed by atoms with Crippen molar-refractivity contribution in [3.05, 3.63) is 60.2 Å². The third kappa shape index (κ3) is 3.38. The lowest BCUT2D eigenvalue weighted by molar-refractivity contribution is 0.786. The van der Waals surface area contributed by atoms with Crippen LogP contribution in [0.25, 0.3) is 0 Å². The van der Waals surface area contributed by atoms with Gasteiger partial charge in [0.15, 0.2) is 0 Å². The summed E-state index contributed by atoms with van der Waals surface area (Å²) in [5, 5.41) is 7.45. The van der Waals surface area contributed by atoms with Gasteiger partial charge in [-0.25, -0.2) is 0 Å². The van der Waals surface area contributed by atoms with Crippen LogP contribution in [0.2, 0.25) is 0 Å². The molecule has 0 aromatic heterocycles. The van der Waals surface area contributed by atoms with Crippen molar-refractivity contribution in [3.8, 4) is 0 Å². The monoisotopic (exact) mass is 267 g/mol. The van der Waals surface area contributed by atoms with Crippen LogP contribution in [0.4, 0.5) is 11.4 Å². The Balaban J connectivity index is 2.28. The highest BCUT2D eigenvalue weighted by Crippen LogP contribution is 2.25. The van der Waals surface area contributed by atoms with E-state index < -0.39 is 0 Å². The molecule has 0 fully saturated rings. The molecule has 2 rings (SSSR count). The van der Waals surface area contributed by atoms with Gasteiger partial charge in [-0.05, 0) is 42.8 Å². The summed E-state index contributed by atoms with van der Waals surface area (Å²) in [6.07, 6.45) is 2.30. The standard InChI is InChI=1S/C17H21N3/c1-2-3-13-20(15-7-5-4-6-8-15)16-11-9-14(10-12-16)17(18)19/h4-12H,2-3,13H2,1H3,(H3,18,19). The molecule has 3 nitrogen and oxygen atoms in total. The number of nitrogens with zero attached hydrogens (tertiary/aromatic N) is 1. The molecule has 0 saturated heterocycles. The highest BCUT2D eigenvalue weighted by atomic mass is 15.1. The zero-order valence-electron chi connectivity index (χ0n) is 11.8. The van der Waals surface area contributed by atoms with Crippen LogP contribution in [0.15, 0.2) is 54.6 Å². The number of nitrogens with two attached hydrogens (primary N) is 1. The first-order valence-corrected chi connectivity index (χ1v) is 6.99. The first-order chi connectivity index (χ1) is 9.72. The van der Waals surface area contributed by atoms with Gasteiger partial charge in [-0.3, -0.25) is 5.41 Å². The molecular formula is C17H21N3. The van der Waals surface area contributed by atoms with Crippen molar-refractivity contribution >= 4 is 17.2 Å². The first kappa shape index (κ1) is 14.1. The van der Waals surface area contributed by atoms with E-state index in [9.17, 15) is 0 Å². The molecule has 0 aliphatic heterocycles. The van der Waals surface area contributed by atoms with E-state index in [1.807, 2.05) is 30.3 Å². The van der Waals surface area contributed by atoms with Crippen molar-refractivity contribution in [1.29, 1.82) is 5.41 Å². The number of unbranched alkanes of at least 4 members (excludes halogenated alkanes) is 1. The first-order valence-electron chi connectivity index (χ1n) is 6.99. The molecule has 20 heavy (non-hydrogen) atoms. The summed E-state index contributed by atoms with van der Waals surface area (Å²) in [7, 11) is 0. The van der Waals surface area contributed by atoms with Gasteiger partial charge in [0.05, 0.1) is 0 Å². The predicted molar refractivity (Wildman–Crippen MR) is 85.8 cm³/mol. The second-order valence-corrected chi connectivity index (χ2v) is 4.80. The number of para-hydroxylation sites is 1. The number of amidine groups is 1. The summed E-state index contributed by atoms with van der Waals surface area (Å²) in [5.41, 5.74) is 8.59. The summed E-state index contributed by atoms with van der Waals surface area (Å²) in [4.78, 5) is 2.30. The van der Waals surface area contributed by atoms with Crippen molar-refractivity contribution in [1.82, 2.24) is 0 Å². The Labute approximate surface area is 120 Å². The highest BCUT2D eigenvalue weighted by Gasteiger charge is 2.08. The van der Waals surface area contributed by atoms with Crippen LogP contribution in [0, 0.1) is 5.41 Å². The summed E-state index contributed by atoms with van der Waals surface area (Å²) in [6, 6.07) is 18.2. The van der Waals surface area contributed by atoms with Gasteiger partial charge in [-0.15, -0.1) is 0 Å². The maximum Gasteiger partial charge on any atom is 0.122 e. The quantitative estimate of drug-likeness (QED) is 0.616. The zero-order valence-corrected chi connectivity index (χ0v) is 11.8. The normalized spacial score (nSPS) is 10.2. The van der Waals surface area contributed by atoms with E-state index in [2.05, 4.69) is 36.1 Å². The lowest BCUT2D eigenvalue weighted by Crippen LogP contribution is -2.18. The Bertz CT molecular complexity index is 546. The van der Waals surface area contributed by atoms with Gasteiger partial charge in [-0.1, -0.05) is 31.5 Å². The maximum absolute atomic E-state index is 7.45. The molecular weight excluding hydrogens is 246 g/mol. The van der Waals surface area contributed by atoms with Gasteiger partial charge in [0.1, 0.15) is 5.84 Å². The van der Waals surface area contributed by atoms with Crippen LogP contribution in [0.5, 0.6) is 0 Å². The van der Waals surface area contributed by atoms with Crippen molar-refractivity contribution in [2.24, 2.45) is 5.73 Å².